The molecule has 2 heterocycles. The van der Waals surface area contributed by atoms with Gasteiger partial charge in [0.05, 0.1) is 5.57 Å². The maximum atomic E-state index is 12.8. The number of carbonyl (C=O) groups excluding carboxylic acids is 2. The van der Waals surface area contributed by atoms with Gasteiger partial charge in [0.2, 0.25) is 0 Å². The zero-order valence-electron chi connectivity index (χ0n) is 15.1. The predicted molar refractivity (Wildman–Crippen MR) is 105 cm³/mol. The summed E-state index contributed by atoms with van der Waals surface area (Å²) in [6.07, 6.45) is 3.08. The Bertz CT molecular complexity index is 804. The van der Waals surface area contributed by atoms with Gasteiger partial charge in [0.1, 0.15) is 0 Å². The molecule has 1 aliphatic heterocycles. The third-order valence-electron chi connectivity index (χ3n) is 4.41. The molecule has 1 aliphatic rings. The normalized spacial score (nSPS) is 15.8. The van der Waals surface area contributed by atoms with Crippen LogP contribution < -0.4 is 0 Å². The molecule has 1 amide bonds. The Kier molecular flexibility index (Phi) is 5.89. The molecule has 0 aliphatic carbocycles. The van der Waals surface area contributed by atoms with Crippen molar-refractivity contribution in [2.24, 2.45) is 0 Å². The van der Waals surface area contributed by atoms with E-state index in [9.17, 15) is 9.59 Å². The van der Waals surface area contributed by atoms with Crippen LogP contribution in [0, 0.1) is 6.92 Å². The van der Waals surface area contributed by atoms with Crippen LogP contribution in [0.25, 0.3) is 11.6 Å². The number of nitrogens with zero attached hydrogens (tertiary/aromatic N) is 1. The number of aryl methyl sites for hydroxylation is 1. The fraction of sp³-hybridized carbons (Fsp3) is 0.333. The van der Waals surface area contributed by atoms with E-state index in [0.717, 1.165) is 41.9 Å². The third-order valence-corrected chi connectivity index (χ3v) is 5.31. The molecule has 26 heavy (non-hydrogen) atoms. The number of esters is 1. The van der Waals surface area contributed by atoms with Crippen LogP contribution in [0.2, 0.25) is 0 Å². The predicted octanol–water partition coefficient (Wildman–Crippen LogP) is 4.15. The van der Waals surface area contributed by atoms with E-state index >= 15 is 0 Å². The first-order chi connectivity index (χ1) is 12.5. The summed E-state index contributed by atoms with van der Waals surface area (Å²) >= 11 is 1.48. The molecule has 0 radical (unpaired) electrons. The molecule has 2 aromatic rings. The molecule has 1 saturated heterocycles. The first-order valence-corrected chi connectivity index (χ1v) is 9.74. The first kappa shape index (κ1) is 18.4. The highest BCUT2D eigenvalue weighted by molar-refractivity contribution is 7.11. The fourth-order valence-electron chi connectivity index (χ4n) is 3.06. The summed E-state index contributed by atoms with van der Waals surface area (Å²) in [6.45, 7) is 5.16. The summed E-state index contributed by atoms with van der Waals surface area (Å²) in [4.78, 5) is 27.8. The lowest BCUT2D eigenvalue weighted by Crippen LogP contribution is -2.38. The molecule has 0 unspecified atom stereocenters. The van der Waals surface area contributed by atoms with Crippen molar-refractivity contribution in [3.8, 4) is 0 Å². The van der Waals surface area contributed by atoms with Crippen LogP contribution in [-0.2, 0) is 14.3 Å². The van der Waals surface area contributed by atoms with E-state index < -0.39 is 12.1 Å². The average molecular weight is 369 g/mol. The summed E-state index contributed by atoms with van der Waals surface area (Å²) < 4.78 is 5.52. The van der Waals surface area contributed by atoms with E-state index in [2.05, 4.69) is 0 Å². The molecule has 4 nitrogen and oxygen atoms in total. The van der Waals surface area contributed by atoms with Crippen molar-refractivity contribution in [2.75, 3.05) is 13.1 Å². The SMILES string of the molecule is Cc1cccc(/C=C(/C(=O)O[C@H](C)C(=O)N2CCCC2)c2cccs2)c1. The summed E-state index contributed by atoms with van der Waals surface area (Å²) in [5.41, 5.74) is 2.53. The smallest absolute Gasteiger partial charge is 0.340 e. The van der Waals surface area contributed by atoms with Crippen molar-refractivity contribution in [1.29, 1.82) is 0 Å². The van der Waals surface area contributed by atoms with Crippen molar-refractivity contribution in [3.05, 3.63) is 57.8 Å². The summed E-state index contributed by atoms with van der Waals surface area (Å²) in [6, 6.07) is 11.7. The van der Waals surface area contributed by atoms with E-state index in [1.807, 2.05) is 54.8 Å². The Labute approximate surface area is 158 Å². The molecule has 136 valence electrons. The number of rotatable bonds is 5. The minimum atomic E-state index is -0.776. The number of hydrogen-bond acceptors (Lipinski definition) is 4. The van der Waals surface area contributed by atoms with Crippen LogP contribution in [0.5, 0.6) is 0 Å². The van der Waals surface area contributed by atoms with Crippen molar-refractivity contribution in [3.63, 3.8) is 0 Å². The van der Waals surface area contributed by atoms with Crippen LogP contribution in [0.15, 0.2) is 41.8 Å². The van der Waals surface area contributed by atoms with Gasteiger partial charge in [-0.05, 0) is 49.8 Å². The number of carbonyl (C=O) groups is 2. The lowest BCUT2D eigenvalue weighted by atomic mass is 10.1. The molecule has 0 bridgehead atoms. The second-order valence-corrected chi connectivity index (χ2v) is 7.48. The quantitative estimate of drug-likeness (QED) is 0.587. The number of amides is 1. The number of thiophene rings is 1. The Morgan fingerprint density at radius 1 is 1.19 bits per heavy atom. The summed E-state index contributed by atoms with van der Waals surface area (Å²) in [7, 11) is 0. The average Bonchev–Trinajstić information content (AvgIpc) is 3.32. The van der Waals surface area contributed by atoms with Gasteiger partial charge in [-0.3, -0.25) is 4.79 Å². The Morgan fingerprint density at radius 2 is 1.96 bits per heavy atom. The molecule has 1 aromatic carbocycles. The van der Waals surface area contributed by atoms with Crippen molar-refractivity contribution < 1.29 is 14.3 Å². The zero-order chi connectivity index (χ0) is 18.5. The second-order valence-electron chi connectivity index (χ2n) is 6.53. The maximum absolute atomic E-state index is 12.8. The van der Waals surface area contributed by atoms with E-state index in [0.29, 0.717) is 5.57 Å². The Morgan fingerprint density at radius 3 is 2.62 bits per heavy atom. The van der Waals surface area contributed by atoms with Gasteiger partial charge in [-0.1, -0.05) is 35.9 Å². The van der Waals surface area contributed by atoms with E-state index in [-0.39, 0.29) is 5.91 Å². The standard InChI is InChI=1S/C21H23NO3S/c1-15-7-5-8-17(13-15)14-18(19-9-6-12-26-19)21(24)25-16(2)20(23)22-10-3-4-11-22/h5-9,12-14,16H,3-4,10-11H2,1-2H3/b18-14+/t16-/m1/s1. The van der Waals surface area contributed by atoms with Crippen LogP contribution >= 0.6 is 11.3 Å². The van der Waals surface area contributed by atoms with Gasteiger partial charge in [0.25, 0.3) is 5.91 Å². The number of benzene rings is 1. The van der Waals surface area contributed by atoms with Crippen LogP contribution in [0.3, 0.4) is 0 Å². The minimum absolute atomic E-state index is 0.114. The van der Waals surface area contributed by atoms with Crippen molar-refractivity contribution >= 4 is 34.9 Å². The van der Waals surface area contributed by atoms with Crippen LogP contribution in [-0.4, -0.2) is 36.0 Å². The van der Waals surface area contributed by atoms with Crippen molar-refractivity contribution in [2.45, 2.75) is 32.8 Å². The van der Waals surface area contributed by atoms with Gasteiger partial charge in [-0.15, -0.1) is 11.3 Å². The molecule has 0 spiro atoms. The second kappa shape index (κ2) is 8.32. The van der Waals surface area contributed by atoms with Gasteiger partial charge < -0.3 is 9.64 Å². The largest absolute Gasteiger partial charge is 0.449 e. The molecule has 5 heteroatoms. The van der Waals surface area contributed by atoms with Crippen LogP contribution in [0.1, 0.15) is 35.8 Å². The molecular formula is C21H23NO3S. The lowest BCUT2D eigenvalue weighted by Gasteiger charge is -2.20. The lowest BCUT2D eigenvalue weighted by molar-refractivity contribution is -0.153. The highest BCUT2D eigenvalue weighted by Gasteiger charge is 2.27. The monoisotopic (exact) mass is 369 g/mol. The molecule has 0 N–H and O–H groups in total. The molecule has 1 aromatic heterocycles. The zero-order valence-corrected chi connectivity index (χ0v) is 15.9. The van der Waals surface area contributed by atoms with E-state index in [1.165, 1.54) is 11.3 Å². The number of hydrogen-bond donors (Lipinski definition) is 0. The topological polar surface area (TPSA) is 46.6 Å². The number of ether oxygens (including phenoxy) is 1. The molecule has 0 saturated carbocycles. The summed E-state index contributed by atoms with van der Waals surface area (Å²) in [5.74, 6) is -0.578. The first-order valence-electron chi connectivity index (χ1n) is 8.86. The van der Waals surface area contributed by atoms with Gasteiger partial charge in [-0.2, -0.15) is 0 Å². The van der Waals surface area contributed by atoms with Crippen LogP contribution in [0.4, 0.5) is 0 Å². The van der Waals surface area contributed by atoms with E-state index in [4.69, 9.17) is 4.74 Å². The maximum Gasteiger partial charge on any atom is 0.340 e. The summed E-state index contributed by atoms with van der Waals surface area (Å²) in [5, 5.41) is 1.92. The highest BCUT2D eigenvalue weighted by Crippen LogP contribution is 2.25. The van der Waals surface area contributed by atoms with Crippen molar-refractivity contribution in [1.82, 2.24) is 4.90 Å². The van der Waals surface area contributed by atoms with Gasteiger partial charge in [-0.25, -0.2) is 4.79 Å². The molecule has 1 fully saturated rings. The number of likely N-dealkylation sites (tertiary alicyclic amines) is 1. The minimum Gasteiger partial charge on any atom is -0.449 e. The third kappa shape index (κ3) is 4.41. The van der Waals surface area contributed by atoms with Gasteiger partial charge in [0.15, 0.2) is 6.10 Å². The molecular weight excluding hydrogens is 346 g/mol. The fourth-order valence-corrected chi connectivity index (χ4v) is 3.79. The molecule has 3 rings (SSSR count). The Balaban J connectivity index is 1.80. The Hall–Kier alpha value is -2.40. The van der Waals surface area contributed by atoms with E-state index in [1.54, 1.807) is 11.8 Å². The molecule has 1 atom stereocenters. The van der Waals surface area contributed by atoms with Gasteiger partial charge in [0, 0.05) is 18.0 Å². The highest BCUT2D eigenvalue weighted by atomic mass is 32.1. The van der Waals surface area contributed by atoms with Gasteiger partial charge >= 0.3 is 5.97 Å².